The van der Waals surface area contributed by atoms with Crippen molar-refractivity contribution >= 4 is 11.8 Å². The fraction of sp³-hybridized carbons (Fsp3) is 0.231. The lowest BCUT2D eigenvalue weighted by molar-refractivity contribution is -0.126. The molecular weight excluding hydrogens is 410 g/mol. The number of nitrogens with zero attached hydrogens (tertiary/aromatic N) is 1. The van der Waals surface area contributed by atoms with E-state index in [-0.39, 0.29) is 42.2 Å². The minimum absolute atomic E-state index is 0.0355. The summed E-state index contributed by atoms with van der Waals surface area (Å²) in [5, 5.41) is 2.81. The first-order valence-electron chi connectivity index (χ1n) is 10.6. The standard InChI is InChI=1S/C26H24F2N2O2/c27-23-11-6-10-19(14-23)26(32)30-16-21(18-7-2-1-3-8-18)13-22(17-30)25(31)29-15-20-9-4-5-12-24(20)28/h1-12,14,21-22H,13,15-17H2,(H,29,31)/t21-,22-/m0/s1. The molecule has 0 aliphatic carbocycles. The van der Waals surface area contributed by atoms with Gasteiger partial charge in [0.1, 0.15) is 11.6 Å². The molecule has 1 heterocycles. The van der Waals surface area contributed by atoms with Crippen molar-refractivity contribution in [3.8, 4) is 0 Å². The molecule has 0 radical (unpaired) electrons. The van der Waals surface area contributed by atoms with E-state index in [0.29, 0.717) is 18.5 Å². The molecule has 1 aliphatic rings. The molecule has 4 rings (SSSR count). The smallest absolute Gasteiger partial charge is 0.253 e. The predicted molar refractivity (Wildman–Crippen MR) is 118 cm³/mol. The van der Waals surface area contributed by atoms with Crippen LogP contribution in [0.1, 0.15) is 33.8 Å². The van der Waals surface area contributed by atoms with E-state index in [1.165, 1.54) is 24.3 Å². The molecule has 0 bridgehead atoms. The van der Waals surface area contributed by atoms with Gasteiger partial charge in [0, 0.05) is 36.7 Å². The molecule has 1 fully saturated rings. The lowest BCUT2D eigenvalue weighted by Crippen LogP contribution is -2.48. The molecule has 3 aromatic carbocycles. The second kappa shape index (κ2) is 9.73. The molecule has 1 aliphatic heterocycles. The Morgan fingerprint density at radius 1 is 0.906 bits per heavy atom. The van der Waals surface area contributed by atoms with Gasteiger partial charge in [-0.05, 0) is 36.2 Å². The van der Waals surface area contributed by atoms with E-state index in [4.69, 9.17) is 0 Å². The summed E-state index contributed by atoms with van der Waals surface area (Å²) in [4.78, 5) is 27.7. The zero-order valence-electron chi connectivity index (χ0n) is 17.5. The van der Waals surface area contributed by atoms with Crippen molar-refractivity contribution in [3.63, 3.8) is 0 Å². The molecule has 6 heteroatoms. The average Bonchev–Trinajstić information content (AvgIpc) is 2.83. The third kappa shape index (κ3) is 5.02. The minimum Gasteiger partial charge on any atom is -0.352 e. The van der Waals surface area contributed by atoms with Crippen LogP contribution in [0.3, 0.4) is 0 Å². The number of halogens is 2. The van der Waals surface area contributed by atoms with Crippen LogP contribution in [0.5, 0.6) is 0 Å². The molecule has 1 N–H and O–H groups in total. The largest absolute Gasteiger partial charge is 0.352 e. The van der Waals surface area contributed by atoms with E-state index < -0.39 is 11.7 Å². The van der Waals surface area contributed by atoms with Crippen molar-refractivity contribution < 1.29 is 18.4 Å². The number of amides is 2. The Kier molecular flexibility index (Phi) is 6.59. The number of hydrogen-bond acceptors (Lipinski definition) is 2. The van der Waals surface area contributed by atoms with Crippen molar-refractivity contribution in [1.29, 1.82) is 0 Å². The number of nitrogens with one attached hydrogen (secondary N) is 1. The molecule has 3 aromatic rings. The van der Waals surface area contributed by atoms with Crippen molar-refractivity contribution in [1.82, 2.24) is 10.2 Å². The van der Waals surface area contributed by atoms with E-state index in [1.54, 1.807) is 29.2 Å². The van der Waals surface area contributed by atoms with Crippen molar-refractivity contribution in [3.05, 3.63) is 107 Å². The van der Waals surface area contributed by atoms with Gasteiger partial charge in [0.15, 0.2) is 0 Å². The number of carbonyl (C=O) groups excluding carboxylic acids is 2. The molecule has 0 aromatic heterocycles. The number of likely N-dealkylation sites (tertiary alicyclic amines) is 1. The van der Waals surface area contributed by atoms with E-state index in [2.05, 4.69) is 5.32 Å². The Balaban J connectivity index is 1.53. The Morgan fingerprint density at radius 3 is 2.41 bits per heavy atom. The third-order valence-corrected chi connectivity index (χ3v) is 5.86. The number of benzene rings is 3. The fourth-order valence-corrected chi connectivity index (χ4v) is 4.19. The quantitative estimate of drug-likeness (QED) is 0.642. The molecule has 1 saturated heterocycles. The molecule has 32 heavy (non-hydrogen) atoms. The Labute approximate surface area is 185 Å². The van der Waals surface area contributed by atoms with Gasteiger partial charge in [-0.15, -0.1) is 0 Å². The highest BCUT2D eigenvalue weighted by molar-refractivity contribution is 5.94. The number of carbonyl (C=O) groups is 2. The predicted octanol–water partition coefficient (Wildman–Crippen LogP) is 4.53. The molecule has 164 valence electrons. The van der Waals surface area contributed by atoms with Crippen LogP contribution in [0.4, 0.5) is 8.78 Å². The minimum atomic E-state index is -0.480. The highest BCUT2D eigenvalue weighted by atomic mass is 19.1. The maximum absolute atomic E-state index is 13.9. The number of hydrogen-bond donors (Lipinski definition) is 1. The summed E-state index contributed by atoms with van der Waals surface area (Å²) in [6.45, 7) is 0.744. The van der Waals surface area contributed by atoms with Gasteiger partial charge in [-0.3, -0.25) is 9.59 Å². The summed E-state index contributed by atoms with van der Waals surface area (Å²) in [5.41, 5.74) is 1.70. The molecule has 4 nitrogen and oxygen atoms in total. The maximum atomic E-state index is 13.9. The normalized spacial score (nSPS) is 18.2. The Hall–Kier alpha value is -3.54. The zero-order valence-corrected chi connectivity index (χ0v) is 17.5. The Bertz CT molecular complexity index is 1100. The van der Waals surface area contributed by atoms with Crippen LogP contribution in [0.15, 0.2) is 78.9 Å². The van der Waals surface area contributed by atoms with Gasteiger partial charge in [0.05, 0.1) is 5.92 Å². The van der Waals surface area contributed by atoms with Gasteiger partial charge >= 0.3 is 0 Å². The van der Waals surface area contributed by atoms with E-state index in [9.17, 15) is 18.4 Å². The summed E-state index contributed by atoms with van der Waals surface area (Å²) >= 11 is 0. The molecular formula is C26H24F2N2O2. The molecule has 0 spiro atoms. The van der Waals surface area contributed by atoms with Crippen molar-refractivity contribution in [2.45, 2.75) is 18.9 Å². The summed E-state index contributed by atoms with van der Waals surface area (Å²) in [7, 11) is 0. The lowest BCUT2D eigenvalue weighted by atomic mass is 9.83. The number of rotatable bonds is 5. The summed E-state index contributed by atoms with van der Waals surface area (Å²) in [6, 6.07) is 21.6. The van der Waals surface area contributed by atoms with Gasteiger partial charge in [0.2, 0.25) is 5.91 Å². The summed E-state index contributed by atoms with van der Waals surface area (Å²) in [5.74, 6) is -1.89. The van der Waals surface area contributed by atoms with Gasteiger partial charge in [-0.25, -0.2) is 8.78 Å². The van der Waals surface area contributed by atoms with Gasteiger partial charge in [-0.2, -0.15) is 0 Å². The summed E-state index contributed by atoms with van der Waals surface area (Å²) in [6.07, 6.45) is 0.569. The topological polar surface area (TPSA) is 49.4 Å². The second-order valence-corrected chi connectivity index (χ2v) is 8.07. The van der Waals surface area contributed by atoms with Crippen LogP contribution in [-0.4, -0.2) is 29.8 Å². The fourth-order valence-electron chi connectivity index (χ4n) is 4.19. The molecule has 0 saturated carbocycles. The SMILES string of the molecule is O=C(NCc1ccccc1F)[C@H]1C[C@H](c2ccccc2)CN(C(=O)c2cccc(F)c2)C1. The van der Waals surface area contributed by atoms with E-state index in [1.807, 2.05) is 30.3 Å². The zero-order chi connectivity index (χ0) is 22.5. The first-order valence-corrected chi connectivity index (χ1v) is 10.6. The van der Waals surface area contributed by atoms with Crippen LogP contribution in [0.25, 0.3) is 0 Å². The monoisotopic (exact) mass is 434 g/mol. The van der Waals surface area contributed by atoms with Crippen LogP contribution in [-0.2, 0) is 11.3 Å². The molecule has 2 atom stereocenters. The van der Waals surface area contributed by atoms with Crippen LogP contribution >= 0.6 is 0 Å². The van der Waals surface area contributed by atoms with E-state index >= 15 is 0 Å². The molecule has 0 unspecified atom stereocenters. The van der Waals surface area contributed by atoms with Crippen molar-refractivity contribution in [2.75, 3.05) is 13.1 Å². The van der Waals surface area contributed by atoms with Gasteiger partial charge in [0.25, 0.3) is 5.91 Å². The number of piperidine rings is 1. The highest BCUT2D eigenvalue weighted by Crippen LogP contribution is 2.31. The lowest BCUT2D eigenvalue weighted by Gasteiger charge is -2.37. The van der Waals surface area contributed by atoms with Gasteiger partial charge < -0.3 is 10.2 Å². The first kappa shape index (κ1) is 21.7. The van der Waals surface area contributed by atoms with Gasteiger partial charge in [-0.1, -0.05) is 54.6 Å². The third-order valence-electron chi connectivity index (χ3n) is 5.86. The van der Waals surface area contributed by atoms with Crippen LogP contribution < -0.4 is 5.32 Å². The Morgan fingerprint density at radius 2 is 1.66 bits per heavy atom. The average molecular weight is 434 g/mol. The van der Waals surface area contributed by atoms with Crippen molar-refractivity contribution in [2.24, 2.45) is 5.92 Å². The van der Waals surface area contributed by atoms with Crippen LogP contribution in [0, 0.1) is 17.6 Å². The molecule has 2 amide bonds. The highest BCUT2D eigenvalue weighted by Gasteiger charge is 2.35. The summed E-state index contributed by atoms with van der Waals surface area (Å²) < 4.78 is 27.6. The van der Waals surface area contributed by atoms with Crippen LogP contribution in [0.2, 0.25) is 0 Å². The van der Waals surface area contributed by atoms with E-state index in [0.717, 1.165) is 5.56 Å². The first-order chi connectivity index (χ1) is 15.5. The second-order valence-electron chi connectivity index (χ2n) is 8.07. The maximum Gasteiger partial charge on any atom is 0.253 e.